The van der Waals surface area contributed by atoms with Crippen molar-refractivity contribution in [3.63, 3.8) is 0 Å². The third-order valence-corrected chi connectivity index (χ3v) is 2.95. The van der Waals surface area contributed by atoms with Crippen molar-refractivity contribution in [3.05, 3.63) is 64.7 Å². The maximum absolute atomic E-state index is 12.3. The Morgan fingerprint density at radius 2 is 1.85 bits per heavy atom. The fourth-order valence-corrected chi connectivity index (χ4v) is 1.87. The van der Waals surface area contributed by atoms with Crippen LogP contribution in [0.25, 0.3) is 0 Å². The summed E-state index contributed by atoms with van der Waals surface area (Å²) in [4.78, 5) is 12.3. The molecule has 0 spiro atoms. The number of amides is 1. The summed E-state index contributed by atoms with van der Waals surface area (Å²) >= 11 is 6.02. The summed E-state index contributed by atoms with van der Waals surface area (Å²) < 4.78 is 0. The van der Waals surface area contributed by atoms with Gasteiger partial charge < -0.3 is 11.1 Å². The zero-order valence-corrected chi connectivity index (χ0v) is 11.4. The van der Waals surface area contributed by atoms with Crippen molar-refractivity contribution in [2.45, 2.75) is 0 Å². The van der Waals surface area contributed by atoms with E-state index in [9.17, 15) is 4.79 Å². The summed E-state index contributed by atoms with van der Waals surface area (Å²) in [5.41, 5.74) is 7.06. The highest BCUT2D eigenvalue weighted by Gasteiger charge is 2.11. The maximum Gasteiger partial charge on any atom is 0.256 e. The quantitative estimate of drug-likeness (QED) is 0.833. The van der Waals surface area contributed by atoms with Gasteiger partial charge in [-0.15, -0.1) is 0 Å². The van der Waals surface area contributed by atoms with E-state index in [1.54, 1.807) is 36.4 Å². The molecule has 2 aromatic carbocycles. The van der Waals surface area contributed by atoms with Crippen LogP contribution in [0.3, 0.4) is 0 Å². The van der Waals surface area contributed by atoms with Gasteiger partial charge in [0.1, 0.15) is 0 Å². The molecule has 2 rings (SSSR count). The van der Waals surface area contributed by atoms with Crippen LogP contribution < -0.4 is 11.1 Å². The summed E-state index contributed by atoms with van der Waals surface area (Å²) in [5, 5.41) is 3.27. The lowest BCUT2D eigenvalue weighted by atomic mass is 10.1. The highest BCUT2D eigenvalue weighted by molar-refractivity contribution is 6.33. The number of halogens is 1. The summed E-state index contributed by atoms with van der Waals surface area (Å²) in [6.07, 6.45) is 0. The Morgan fingerprint density at radius 3 is 2.60 bits per heavy atom. The van der Waals surface area contributed by atoms with E-state index < -0.39 is 0 Å². The second-order valence-corrected chi connectivity index (χ2v) is 4.39. The van der Waals surface area contributed by atoms with Gasteiger partial charge in [-0.05, 0) is 24.3 Å². The van der Waals surface area contributed by atoms with E-state index in [2.05, 4.69) is 17.2 Å². The van der Waals surface area contributed by atoms with Crippen LogP contribution in [0, 0.1) is 11.8 Å². The van der Waals surface area contributed by atoms with E-state index in [1.165, 1.54) is 0 Å². The molecule has 0 saturated carbocycles. The zero-order chi connectivity index (χ0) is 14.4. The number of benzene rings is 2. The molecule has 0 unspecified atom stereocenters. The number of nitrogens with two attached hydrogens (primary N) is 1. The number of rotatable bonds is 2. The predicted molar refractivity (Wildman–Crippen MR) is 81.8 cm³/mol. The molecule has 0 radical (unpaired) electrons. The van der Waals surface area contributed by atoms with E-state index in [0.29, 0.717) is 21.8 Å². The number of para-hydroxylation sites is 1. The summed E-state index contributed by atoms with van der Waals surface area (Å²) in [7, 11) is 0. The van der Waals surface area contributed by atoms with E-state index in [4.69, 9.17) is 17.3 Å². The van der Waals surface area contributed by atoms with Gasteiger partial charge in [-0.3, -0.25) is 4.79 Å². The SMILES string of the molecule is NCC#Cc1ccccc1C(=O)Nc1ccccc1Cl. The van der Waals surface area contributed by atoms with Gasteiger partial charge in [0.25, 0.3) is 5.91 Å². The predicted octanol–water partition coefficient (Wildman–Crippen LogP) is 2.90. The zero-order valence-electron chi connectivity index (χ0n) is 10.7. The Morgan fingerprint density at radius 1 is 1.15 bits per heavy atom. The first-order valence-electron chi connectivity index (χ1n) is 6.06. The minimum absolute atomic E-state index is 0.250. The number of hydrogen-bond donors (Lipinski definition) is 2. The van der Waals surface area contributed by atoms with Crippen LogP contribution in [0.15, 0.2) is 48.5 Å². The highest BCUT2D eigenvalue weighted by atomic mass is 35.5. The van der Waals surface area contributed by atoms with Gasteiger partial charge >= 0.3 is 0 Å². The molecule has 4 heteroatoms. The minimum Gasteiger partial charge on any atom is -0.321 e. The summed E-state index contributed by atoms with van der Waals surface area (Å²) in [6.45, 7) is 0.250. The molecule has 0 aliphatic rings. The molecule has 0 saturated heterocycles. The smallest absolute Gasteiger partial charge is 0.256 e. The molecule has 0 bridgehead atoms. The van der Waals surface area contributed by atoms with Crippen LogP contribution in [0.2, 0.25) is 5.02 Å². The van der Waals surface area contributed by atoms with Crippen molar-refractivity contribution in [2.75, 3.05) is 11.9 Å². The Kier molecular flexibility index (Phi) is 4.78. The second kappa shape index (κ2) is 6.76. The second-order valence-electron chi connectivity index (χ2n) is 3.99. The summed E-state index contributed by atoms with van der Waals surface area (Å²) in [5.74, 6) is 5.38. The molecule has 20 heavy (non-hydrogen) atoms. The molecule has 0 heterocycles. The van der Waals surface area contributed by atoms with Crippen LogP contribution in [0.5, 0.6) is 0 Å². The van der Waals surface area contributed by atoms with Gasteiger partial charge in [0.2, 0.25) is 0 Å². The molecule has 2 aromatic rings. The molecular weight excluding hydrogens is 272 g/mol. The highest BCUT2D eigenvalue weighted by Crippen LogP contribution is 2.21. The van der Waals surface area contributed by atoms with Crippen molar-refractivity contribution in [3.8, 4) is 11.8 Å². The Labute approximate surface area is 122 Å². The third kappa shape index (κ3) is 3.39. The molecule has 0 aromatic heterocycles. The lowest BCUT2D eigenvalue weighted by Crippen LogP contribution is -2.13. The van der Waals surface area contributed by atoms with E-state index in [1.807, 2.05) is 12.1 Å². The average Bonchev–Trinajstić information content (AvgIpc) is 2.47. The van der Waals surface area contributed by atoms with Crippen molar-refractivity contribution < 1.29 is 4.79 Å². The van der Waals surface area contributed by atoms with Crippen LogP contribution in [0.1, 0.15) is 15.9 Å². The van der Waals surface area contributed by atoms with Crippen LogP contribution >= 0.6 is 11.6 Å². The van der Waals surface area contributed by atoms with Gasteiger partial charge in [-0.2, -0.15) is 0 Å². The molecule has 0 atom stereocenters. The molecule has 1 amide bonds. The van der Waals surface area contributed by atoms with Gasteiger partial charge in [0, 0.05) is 5.56 Å². The van der Waals surface area contributed by atoms with E-state index in [0.717, 1.165) is 0 Å². The molecule has 3 N–H and O–H groups in total. The molecule has 0 aliphatic heterocycles. The molecule has 0 fully saturated rings. The minimum atomic E-state index is -0.250. The maximum atomic E-state index is 12.3. The van der Waals surface area contributed by atoms with Gasteiger partial charge in [-0.25, -0.2) is 0 Å². The number of nitrogens with one attached hydrogen (secondary N) is 1. The topological polar surface area (TPSA) is 55.1 Å². The van der Waals surface area contributed by atoms with Gasteiger partial charge in [0.15, 0.2) is 0 Å². The Hall–Kier alpha value is -2.28. The Bertz CT molecular complexity index is 686. The molecule has 100 valence electrons. The Balaban J connectivity index is 2.28. The fraction of sp³-hybridized carbons (Fsp3) is 0.0625. The first-order chi connectivity index (χ1) is 9.72. The van der Waals surface area contributed by atoms with Crippen LogP contribution in [-0.4, -0.2) is 12.5 Å². The number of carbonyl (C=O) groups excluding carboxylic acids is 1. The number of hydrogen-bond acceptors (Lipinski definition) is 2. The lowest BCUT2D eigenvalue weighted by Gasteiger charge is -2.08. The summed E-state index contributed by atoms with van der Waals surface area (Å²) in [6, 6.07) is 14.2. The first kappa shape index (κ1) is 14.1. The largest absolute Gasteiger partial charge is 0.321 e. The average molecular weight is 285 g/mol. The first-order valence-corrected chi connectivity index (χ1v) is 6.44. The van der Waals surface area contributed by atoms with E-state index in [-0.39, 0.29) is 12.5 Å². The molecular formula is C16H13ClN2O. The number of carbonyl (C=O) groups is 1. The third-order valence-electron chi connectivity index (χ3n) is 2.62. The van der Waals surface area contributed by atoms with Gasteiger partial charge in [0.05, 0.1) is 22.8 Å². The lowest BCUT2D eigenvalue weighted by molar-refractivity contribution is 0.102. The van der Waals surface area contributed by atoms with Crippen molar-refractivity contribution in [1.82, 2.24) is 0 Å². The standard InChI is InChI=1S/C16H13ClN2O/c17-14-9-3-4-10-15(14)19-16(20)13-8-2-1-6-12(13)7-5-11-18/h1-4,6,8-10H,11,18H2,(H,19,20). The van der Waals surface area contributed by atoms with Crippen LogP contribution in [0.4, 0.5) is 5.69 Å². The molecule has 3 nitrogen and oxygen atoms in total. The van der Waals surface area contributed by atoms with Gasteiger partial charge in [-0.1, -0.05) is 47.7 Å². The van der Waals surface area contributed by atoms with Crippen molar-refractivity contribution in [1.29, 1.82) is 0 Å². The fourth-order valence-electron chi connectivity index (χ4n) is 1.69. The van der Waals surface area contributed by atoms with Crippen LogP contribution in [-0.2, 0) is 0 Å². The van der Waals surface area contributed by atoms with Crippen molar-refractivity contribution in [2.24, 2.45) is 5.73 Å². The number of anilines is 1. The van der Waals surface area contributed by atoms with E-state index >= 15 is 0 Å². The monoisotopic (exact) mass is 284 g/mol. The molecule has 0 aliphatic carbocycles. The normalized spacial score (nSPS) is 9.50. The van der Waals surface area contributed by atoms with Crippen molar-refractivity contribution >= 4 is 23.2 Å².